The van der Waals surface area contributed by atoms with Gasteiger partial charge < -0.3 is 20.7 Å². The summed E-state index contributed by atoms with van der Waals surface area (Å²) < 4.78 is 21.4. The monoisotopic (exact) mass is 382 g/mol. The van der Waals surface area contributed by atoms with Crippen LogP contribution in [0.4, 0.5) is 21.7 Å². The number of anilines is 3. The van der Waals surface area contributed by atoms with Crippen LogP contribution in [0.2, 0.25) is 0 Å². The number of rotatable bonds is 0. The average molecular weight is 382 g/mol. The summed E-state index contributed by atoms with van der Waals surface area (Å²) in [5, 5.41) is 13.8. The molecule has 0 fully saturated rings. The number of carbonyl (C=O) groups excluding carboxylic acids is 1. The Kier molecular flexibility index (Phi) is 3.90. The highest BCUT2D eigenvalue weighted by molar-refractivity contribution is 6.00. The van der Waals surface area contributed by atoms with E-state index in [2.05, 4.69) is 26.0 Å². The lowest BCUT2D eigenvalue weighted by molar-refractivity contribution is 0.0821. The second-order valence-electron chi connectivity index (χ2n) is 7.12. The first-order valence-electron chi connectivity index (χ1n) is 9.18. The molecule has 5 rings (SSSR count). The van der Waals surface area contributed by atoms with Crippen LogP contribution in [0, 0.1) is 5.82 Å². The molecule has 0 saturated carbocycles. The number of halogens is 1. The highest BCUT2D eigenvalue weighted by Crippen LogP contribution is 2.32. The lowest BCUT2D eigenvalue weighted by Crippen LogP contribution is -2.35. The third-order valence-electron chi connectivity index (χ3n) is 4.89. The Morgan fingerprint density at radius 1 is 1.32 bits per heavy atom. The molecule has 2 aliphatic heterocycles. The smallest absolute Gasteiger partial charge is 0.257 e. The summed E-state index contributed by atoms with van der Waals surface area (Å²) in [4.78, 5) is 17.4. The molecule has 0 saturated heterocycles. The molecule has 0 radical (unpaired) electrons. The van der Waals surface area contributed by atoms with Gasteiger partial charge in [0.2, 0.25) is 0 Å². The van der Waals surface area contributed by atoms with E-state index < -0.39 is 0 Å². The molecule has 28 heavy (non-hydrogen) atoms. The molecule has 3 N–H and O–H groups in total. The summed E-state index contributed by atoms with van der Waals surface area (Å²) in [6, 6.07) is 4.49. The molecule has 2 aromatic heterocycles. The van der Waals surface area contributed by atoms with E-state index in [1.165, 1.54) is 18.3 Å². The van der Waals surface area contributed by atoms with Crippen molar-refractivity contribution in [3.05, 3.63) is 46.9 Å². The Morgan fingerprint density at radius 2 is 2.21 bits per heavy atom. The van der Waals surface area contributed by atoms with Gasteiger partial charge in [-0.25, -0.2) is 9.37 Å². The highest BCUT2D eigenvalue weighted by Gasteiger charge is 2.25. The minimum atomic E-state index is -0.349. The Morgan fingerprint density at radius 3 is 3.11 bits per heavy atom. The van der Waals surface area contributed by atoms with Crippen LogP contribution in [0.3, 0.4) is 0 Å². The van der Waals surface area contributed by atoms with E-state index in [1.807, 2.05) is 13.0 Å². The normalized spacial score (nSPS) is 18.9. The largest absolute Gasteiger partial charge is 0.375 e. The fourth-order valence-corrected chi connectivity index (χ4v) is 3.65. The van der Waals surface area contributed by atoms with Crippen molar-refractivity contribution in [1.82, 2.24) is 19.9 Å². The molecule has 1 aromatic carbocycles. The SMILES string of the molecule is CC1COCc2cc(F)cc(c2)Nc2nc3c(cnn3c3c2CCN3)C(=O)N1. The third-order valence-corrected chi connectivity index (χ3v) is 4.89. The van der Waals surface area contributed by atoms with Gasteiger partial charge in [-0.15, -0.1) is 0 Å². The number of nitrogens with zero attached hydrogens (tertiary/aromatic N) is 3. The van der Waals surface area contributed by atoms with Gasteiger partial charge in [0.25, 0.3) is 5.91 Å². The number of amides is 1. The van der Waals surface area contributed by atoms with Crippen molar-refractivity contribution in [2.75, 3.05) is 23.8 Å². The van der Waals surface area contributed by atoms with E-state index in [-0.39, 0.29) is 24.4 Å². The number of fused-ring (bicyclic) bond motifs is 6. The van der Waals surface area contributed by atoms with Gasteiger partial charge in [0.05, 0.1) is 19.4 Å². The van der Waals surface area contributed by atoms with Crippen molar-refractivity contribution >= 4 is 28.9 Å². The van der Waals surface area contributed by atoms with Gasteiger partial charge in [-0.05, 0) is 37.1 Å². The maximum atomic E-state index is 14.1. The minimum Gasteiger partial charge on any atom is -0.375 e. The fraction of sp³-hybridized carbons (Fsp3) is 0.316. The van der Waals surface area contributed by atoms with Gasteiger partial charge in [-0.1, -0.05) is 0 Å². The number of carbonyl (C=O) groups is 1. The predicted molar refractivity (Wildman–Crippen MR) is 101 cm³/mol. The number of aromatic nitrogens is 3. The van der Waals surface area contributed by atoms with Crippen LogP contribution in [0.25, 0.3) is 5.65 Å². The number of nitrogens with one attached hydrogen (secondary N) is 3. The molecule has 1 amide bonds. The summed E-state index contributed by atoms with van der Waals surface area (Å²) in [5.74, 6) is 0.776. The van der Waals surface area contributed by atoms with Crippen molar-refractivity contribution in [1.29, 1.82) is 0 Å². The lowest BCUT2D eigenvalue weighted by Gasteiger charge is -2.16. The molecule has 3 aromatic rings. The Balaban J connectivity index is 1.70. The van der Waals surface area contributed by atoms with Crippen LogP contribution in [0.1, 0.15) is 28.4 Å². The molecule has 2 aliphatic rings. The number of hydrogen-bond acceptors (Lipinski definition) is 6. The third kappa shape index (κ3) is 2.84. The Bertz CT molecular complexity index is 1100. The molecule has 0 aliphatic carbocycles. The maximum Gasteiger partial charge on any atom is 0.257 e. The summed E-state index contributed by atoms with van der Waals surface area (Å²) in [5.41, 5.74) is 3.06. The first-order chi connectivity index (χ1) is 13.6. The van der Waals surface area contributed by atoms with Crippen LogP contribution in [-0.2, 0) is 17.8 Å². The molecule has 9 heteroatoms. The topological polar surface area (TPSA) is 92.6 Å². The molecule has 1 unspecified atom stereocenters. The molecular formula is C19H19FN6O2. The van der Waals surface area contributed by atoms with Gasteiger partial charge in [0.15, 0.2) is 5.65 Å². The summed E-state index contributed by atoms with van der Waals surface area (Å²) in [6.07, 6.45) is 2.27. The average Bonchev–Trinajstić information content (AvgIpc) is 3.27. The first-order valence-corrected chi connectivity index (χ1v) is 9.18. The van der Waals surface area contributed by atoms with Crippen molar-refractivity contribution in [2.45, 2.75) is 26.0 Å². The molecule has 1 atom stereocenters. The van der Waals surface area contributed by atoms with Crippen LogP contribution in [0.5, 0.6) is 0 Å². The molecule has 0 spiro atoms. The van der Waals surface area contributed by atoms with E-state index in [1.54, 1.807) is 4.52 Å². The first kappa shape index (κ1) is 16.9. The second-order valence-corrected chi connectivity index (χ2v) is 7.12. The number of benzene rings is 1. The van der Waals surface area contributed by atoms with Gasteiger partial charge >= 0.3 is 0 Å². The van der Waals surface area contributed by atoms with Crippen molar-refractivity contribution in [3.63, 3.8) is 0 Å². The van der Waals surface area contributed by atoms with Crippen LogP contribution in [0.15, 0.2) is 24.4 Å². The second kappa shape index (κ2) is 6.45. The molecule has 4 bridgehead atoms. The molecule has 8 nitrogen and oxygen atoms in total. The van der Waals surface area contributed by atoms with Crippen molar-refractivity contribution in [3.8, 4) is 0 Å². The Labute approximate surface area is 160 Å². The predicted octanol–water partition coefficient (Wildman–Crippen LogP) is 2.23. The number of hydrogen-bond donors (Lipinski definition) is 3. The standard InChI is InChI=1S/C19H19FN6O2/c1-10-8-28-9-11-4-12(20)6-13(5-11)24-16-14-2-3-21-17(14)26-18(25-16)15(7-22-26)19(27)23-10/h4-7,10,21H,2-3,8-9H2,1H3,(H,23,27)(H,24,25). The van der Waals surface area contributed by atoms with E-state index in [9.17, 15) is 9.18 Å². The van der Waals surface area contributed by atoms with Crippen LogP contribution < -0.4 is 16.0 Å². The molecule has 144 valence electrons. The summed E-state index contributed by atoms with van der Waals surface area (Å²) in [7, 11) is 0. The zero-order valence-electron chi connectivity index (χ0n) is 15.3. The molecular weight excluding hydrogens is 363 g/mol. The summed E-state index contributed by atoms with van der Waals surface area (Å²) >= 11 is 0. The van der Waals surface area contributed by atoms with Crippen LogP contribution in [-0.4, -0.2) is 39.7 Å². The minimum absolute atomic E-state index is 0.219. The molecule has 4 heterocycles. The van der Waals surface area contributed by atoms with Gasteiger partial charge in [-0.2, -0.15) is 9.61 Å². The highest BCUT2D eigenvalue weighted by atomic mass is 19.1. The van der Waals surface area contributed by atoms with Crippen molar-refractivity contribution < 1.29 is 13.9 Å². The van der Waals surface area contributed by atoms with Crippen molar-refractivity contribution in [2.24, 2.45) is 0 Å². The zero-order valence-corrected chi connectivity index (χ0v) is 15.3. The zero-order chi connectivity index (χ0) is 19.3. The summed E-state index contributed by atoms with van der Waals surface area (Å²) in [6.45, 7) is 3.15. The van der Waals surface area contributed by atoms with Gasteiger partial charge in [0.1, 0.15) is 23.0 Å². The number of ether oxygens (including phenoxy) is 1. The van der Waals surface area contributed by atoms with Gasteiger partial charge in [0, 0.05) is 23.8 Å². The van der Waals surface area contributed by atoms with E-state index >= 15 is 0 Å². The van der Waals surface area contributed by atoms with E-state index in [4.69, 9.17) is 4.74 Å². The van der Waals surface area contributed by atoms with E-state index in [0.717, 1.165) is 24.3 Å². The fourth-order valence-electron chi connectivity index (χ4n) is 3.65. The Hall–Kier alpha value is -3.20. The maximum absolute atomic E-state index is 14.1. The van der Waals surface area contributed by atoms with E-state index in [0.29, 0.717) is 34.9 Å². The lowest BCUT2D eigenvalue weighted by atomic mass is 10.2. The van der Waals surface area contributed by atoms with Gasteiger partial charge in [-0.3, -0.25) is 4.79 Å². The quantitative estimate of drug-likeness (QED) is 0.552. The van der Waals surface area contributed by atoms with Crippen LogP contribution >= 0.6 is 0 Å².